The number of anilines is 1. The lowest BCUT2D eigenvalue weighted by molar-refractivity contribution is -0.119. The zero-order valence-electron chi connectivity index (χ0n) is 12.8. The van der Waals surface area contributed by atoms with E-state index in [-0.39, 0.29) is 5.69 Å². The second-order valence-corrected chi connectivity index (χ2v) is 5.45. The van der Waals surface area contributed by atoms with Gasteiger partial charge in [0.1, 0.15) is 17.7 Å². The molecule has 3 rings (SSSR count). The van der Waals surface area contributed by atoms with Crippen LogP contribution in [0, 0.1) is 11.6 Å². The van der Waals surface area contributed by atoms with Crippen LogP contribution in [-0.4, -0.2) is 10.5 Å². The van der Waals surface area contributed by atoms with Gasteiger partial charge in [0, 0.05) is 24.9 Å². The Balaban J connectivity index is 1.85. The maximum Gasteiger partial charge on any atom is 0.247 e. The molecule has 1 heterocycles. The quantitative estimate of drug-likeness (QED) is 0.749. The van der Waals surface area contributed by atoms with Crippen molar-refractivity contribution in [3.8, 4) is 0 Å². The monoisotopic (exact) mass is 326 g/mol. The van der Waals surface area contributed by atoms with Crippen molar-refractivity contribution in [2.24, 2.45) is 0 Å². The van der Waals surface area contributed by atoms with Crippen molar-refractivity contribution in [2.45, 2.75) is 12.5 Å². The average molecular weight is 326 g/mol. The summed E-state index contributed by atoms with van der Waals surface area (Å²) in [6, 6.07) is 15.6. The second-order valence-electron chi connectivity index (χ2n) is 5.45. The Labute approximate surface area is 138 Å². The fourth-order valence-corrected chi connectivity index (χ4v) is 2.54. The third-order valence-corrected chi connectivity index (χ3v) is 3.75. The SMILES string of the molecule is O=C(Nc1cc(F)ccc1F)C(Cc1ccccc1)n1cccc1. The van der Waals surface area contributed by atoms with Crippen LogP contribution in [0.25, 0.3) is 0 Å². The molecule has 24 heavy (non-hydrogen) atoms. The summed E-state index contributed by atoms with van der Waals surface area (Å²) in [4.78, 5) is 12.7. The Hall–Kier alpha value is -2.95. The molecule has 3 aromatic rings. The van der Waals surface area contributed by atoms with E-state index in [9.17, 15) is 13.6 Å². The van der Waals surface area contributed by atoms with E-state index in [0.29, 0.717) is 6.42 Å². The van der Waals surface area contributed by atoms with Crippen LogP contribution < -0.4 is 5.32 Å². The van der Waals surface area contributed by atoms with Gasteiger partial charge in [-0.25, -0.2) is 8.78 Å². The summed E-state index contributed by atoms with van der Waals surface area (Å²) in [6.07, 6.45) is 3.99. The smallest absolute Gasteiger partial charge is 0.247 e. The van der Waals surface area contributed by atoms with Gasteiger partial charge in [0.25, 0.3) is 0 Å². The third kappa shape index (κ3) is 3.68. The molecule has 1 unspecified atom stereocenters. The number of hydrogen-bond acceptors (Lipinski definition) is 1. The Kier molecular flexibility index (Phi) is 4.70. The predicted molar refractivity (Wildman–Crippen MR) is 88.6 cm³/mol. The highest BCUT2D eigenvalue weighted by Gasteiger charge is 2.21. The number of halogens is 2. The molecule has 0 bridgehead atoms. The van der Waals surface area contributed by atoms with Crippen LogP contribution >= 0.6 is 0 Å². The fraction of sp³-hybridized carbons (Fsp3) is 0.105. The van der Waals surface area contributed by atoms with E-state index in [4.69, 9.17) is 0 Å². The van der Waals surface area contributed by atoms with Crippen molar-refractivity contribution in [3.63, 3.8) is 0 Å². The van der Waals surface area contributed by atoms with Crippen molar-refractivity contribution in [1.82, 2.24) is 4.57 Å². The number of rotatable bonds is 5. The largest absolute Gasteiger partial charge is 0.342 e. The molecule has 0 radical (unpaired) electrons. The standard InChI is InChI=1S/C19H16F2N2O/c20-15-8-9-16(21)17(13-15)22-19(24)18(23-10-4-5-11-23)12-14-6-2-1-3-7-14/h1-11,13,18H,12H2,(H,22,24). The predicted octanol–water partition coefficient (Wildman–Crippen LogP) is 4.19. The van der Waals surface area contributed by atoms with Gasteiger partial charge in [-0.1, -0.05) is 30.3 Å². The summed E-state index contributed by atoms with van der Waals surface area (Å²) in [5, 5.41) is 2.48. The van der Waals surface area contributed by atoms with Gasteiger partial charge in [0.2, 0.25) is 5.91 Å². The fourth-order valence-electron chi connectivity index (χ4n) is 2.54. The molecule has 0 saturated heterocycles. The minimum Gasteiger partial charge on any atom is -0.342 e. The summed E-state index contributed by atoms with van der Waals surface area (Å²) in [6.45, 7) is 0. The van der Waals surface area contributed by atoms with Gasteiger partial charge >= 0.3 is 0 Å². The molecule has 3 nitrogen and oxygen atoms in total. The van der Waals surface area contributed by atoms with Crippen molar-refractivity contribution in [1.29, 1.82) is 0 Å². The van der Waals surface area contributed by atoms with E-state index in [2.05, 4.69) is 5.32 Å². The highest BCUT2D eigenvalue weighted by atomic mass is 19.1. The van der Waals surface area contributed by atoms with Crippen molar-refractivity contribution in [2.75, 3.05) is 5.32 Å². The molecule has 5 heteroatoms. The molecule has 0 spiro atoms. The second kappa shape index (κ2) is 7.08. The Morgan fingerprint density at radius 1 is 1.00 bits per heavy atom. The summed E-state index contributed by atoms with van der Waals surface area (Å²) in [7, 11) is 0. The van der Waals surface area contributed by atoms with E-state index in [1.807, 2.05) is 42.5 Å². The van der Waals surface area contributed by atoms with Gasteiger partial charge in [-0.15, -0.1) is 0 Å². The van der Waals surface area contributed by atoms with Crippen LogP contribution in [0.3, 0.4) is 0 Å². The van der Waals surface area contributed by atoms with E-state index in [0.717, 1.165) is 23.8 Å². The molecular weight excluding hydrogens is 310 g/mol. The molecule has 0 aliphatic carbocycles. The lowest BCUT2D eigenvalue weighted by Gasteiger charge is -2.19. The zero-order chi connectivity index (χ0) is 16.9. The van der Waals surface area contributed by atoms with E-state index in [1.54, 1.807) is 17.0 Å². The summed E-state index contributed by atoms with van der Waals surface area (Å²) >= 11 is 0. The molecule has 1 amide bonds. The molecule has 1 aromatic heterocycles. The van der Waals surface area contributed by atoms with Crippen LogP contribution in [0.2, 0.25) is 0 Å². The molecule has 0 aliphatic heterocycles. The van der Waals surface area contributed by atoms with E-state index < -0.39 is 23.6 Å². The first kappa shape index (κ1) is 15.9. The highest BCUT2D eigenvalue weighted by Crippen LogP contribution is 2.20. The van der Waals surface area contributed by atoms with Gasteiger partial charge in [0.15, 0.2) is 0 Å². The molecule has 122 valence electrons. The zero-order valence-corrected chi connectivity index (χ0v) is 12.8. The number of nitrogens with zero attached hydrogens (tertiary/aromatic N) is 1. The van der Waals surface area contributed by atoms with Gasteiger partial charge in [-0.2, -0.15) is 0 Å². The number of amides is 1. The molecule has 0 aliphatic rings. The minimum atomic E-state index is -0.671. The Morgan fingerprint density at radius 2 is 1.71 bits per heavy atom. The molecule has 0 saturated carbocycles. The number of carbonyl (C=O) groups excluding carboxylic acids is 1. The normalized spacial score (nSPS) is 11.9. The lowest BCUT2D eigenvalue weighted by atomic mass is 10.0. The summed E-state index contributed by atoms with van der Waals surface area (Å²) < 4.78 is 28.8. The number of carbonyl (C=O) groups is 1. The first-order chi connectivity index (χ1) is 11.6. The number of nitrogens with one attached hydrogen (secondary N) is 1. The minimum absolute atomic E-state index is 0.162. The van der Waals surface area contributed by atoms with Crippen LogP contribution in [0.5, 0.6) is 0 Å². The first-order valence-corrected chi connectivity index (χ1v) is 7.56. The lowest BCUT2D eigenvalue weighted by Crippen LogP contribution is -2.27. The van der Waals surface area contributed by atoms with Crippen molar-refractivity contribution < 1.29 is 13.6 Å². The molecule has 1 N–H and O–H groups in total. The van der Waals surface area contributed by atoms with Gasteiger partial charge < -0.3 is 9.88 Å². The van der Waals surface area contributed by atoms with Gasteiger partial charge in [0.05, 0.1) is 5.69 Å². The highest BCUT2D eigenvalue weighted by molar-refractivity contribution is 5.94. The third-order valence-electron chi connectivity index (χ3n) is 3.75. The van der Waals surface area contributed by atoms with E-state index >= 15 is 0 Å². The molecular formula is C19H16F2N2O. The maximum absolute atomic E-state index is 13.8. The summed E-state index contributed by atoms with van der Waals surface area (Å²) in [5.41, 5.74) is 0.816. The number of hydrogen-bond donors (Lipinski definition) is 1. The number of benzene rings is 2. The van der Waals surface area contributed by atoms with Crippen molar-refractivity contribution in [3.05, 3.63) is 90.3 Å². The number of aromatic nitrogens is 1. The Bertz CT molecular complexity index is 817. The van der Waals surface area contributed by atoms with Crippen LogP contribution in [0.15, 0.2) is 73.1 Å². The van der Waals surface area contributed by atoms with Crippen LogP contribution in [-0.2, 0) is 11.2 Å². The molecule has 2 aromatic carbocycles. The van der Waals surface area contributed by atoms with Crippen molar-refractivity contribution >= 4 is 11.6 Å². The average Bonchev–Trinajstić information content (AvgIpc) is 3.11. The maximum atomic E-state index is 13.8. The van der Waals surface area contributed by atoms with Gasteiger partial charge in [-0.05, 0) is 29.8 Å². The molecule has 0 fully saturated rings. The Morgan fingerprint density at radius 3 is 2.42 bits per heavy atom. The summed E-state index contributed by atoms with van der Waals surface area (Å²) in [5.74, 6) is -1.68. The topological polar surface area (TPSA) is 34.0 Å². The molecule has 1 atom stereocenters. The first-order valence-electron chi connectivity index (χ1n) is 7.56. The van der Waals surface area contributed by atoms with Gasteiger partial charge in [-0.3, -0.25) is 4.79 Å². The van der Waals surface area contributed by atoms with E-state index in [1.165, 1.54) is 0 Å². The van der Waals surface area contributed by atoms with Crippen LogP contribution in [0.1, 0.15) is 11.6 Å². The van der Waals surface area contributed by atoms with Crippen LogP contribution in [0.4, 0.5) is 14.5 Å².